The molecule has 1 amide bonds. The number of ether oxygens (including phenoxy) is 1. The van der Waals surface area contributed by atoms with Crippen LogP contribution in [0.5, 0.6) is 5.75 Å². The number of hydrogen-bond donors (Lipinski definition) is 1. The van der Waals surface area contributed by atoms with Crippen molar-refractivity contribution in [2.75, 3.05) is 19.7 Å². The van der Waals surface area contributed by atoms with Crippen molar-refractivity contribution in [3.8, 4) is 5.75 Å². The van der Waals surface area contributed by atoms with Crippen LogP contribution in [0.1, 0.15) is 23.6 Å². The van der Waals surface area contributed by atoms with Crippen LogP contribution < -0.4 is 4.74 Å². The largest absolute Gasteiger partial charge is 0.484 e. The molecule has 1 fully saturated rings. The normalized spacial score (nSPS) is 17.7. The number of aromatic amines is 1. The lowest BCUT2D eigenvalue weighted by atomic mass is 10.0. The number of amides is 1. The van der Waals surface area contributed by atoms with E-state index in [2.05, 4.69) is 10.2 Å². The Hall–Kier alpha value is -2.37. The Labute approximate surface area is 128 Å². The summed E-state index contributed by atoms with van der Waals surface area (Å²) in [7, 11) is 0. The molecule has 116 valence electrons. The zero-order valence-corrected chi connectivity index (χ0v) is 12.4. The predicted molar refractivity (Wildman–Crippen MR) is 79.2 cm³/mol. The number of nitrogens with one attached hydrogen (secondary N) is 1. The number of aromatic nitrogens is 2. The number of rotatable bonds is 4. The smallest absolute Gasteiger partial charge is 0.260 e. The summed E-state index contributed by atoms with van der Waals surface area (Å²) in [6, 6.07) is 5.66. The van der Waals surface area contributed by atoms with Crippen LogP contribution in [0.2, 0.25) is 0 Å². The van der Waals surface area contributed by atoms with Gasteiger partial charge in [-0.05, 0) is 43.2 Å². The number of hydrogen-bond acceptors (Lipinski definition) is 3. The molecule has 1 aliphatic heterocycles. The second-order valence-electron chi connectivity index (χ2n) is 5.53. The van der Waals surface area contributed by atoms with E-state index in [4.69, 9.17) is 4.74 Å². The van der Waals surface area contributed by atoms with E-state index in [-0.39, 0.29) is 18.3 Å². The van der Waals surface area contributed by atoms with Crippen molar-refractivity contribution < 1.29 is 13.9 Å². The summed E-state index contributed by atoms with van der Waals surface area (Å²) in [6.45, 7) is 3.38. The lowest BCUT2D eigenvalue weighted by Gasteiger charge is -2.17. The lowest BCUT2D eigenvalue weighted by molar-refractivity contribution is -0.132. The van der Waals surface area contributed by atoms with E-state index in [0.717, 1.165) is 24.2 Å². The Bertz CT molecular complexity index is 654. The minimum Gasteiger partial charge on any atom is -0.484 e. The molecule has 1 unspecified atom stereocenters. The van der Waals surface area contributed by atoms with Crippen molar-refractivity contribution in [2.45, 2.75) is 19.3 Å². The number of aryl methyl sites for hydroxylation is 1. The molecular weight excluding hydrogens is 285 g/mol. The SMILES string of the molecule is Cc1cn[nH]c1C1CCN(C(=O)COc2ccc(F)cc2)C1. The number of carbonyl (C=O) groups excluding carboxylic acids is 1. The fourth-order valence-corrected chi connectivity index (χ4v) is 2.76. The fourth-order valence-electron chi connectivity index (χ4n) is 2.76. The van der Waals surface area contributed by atoms with Crippen molar-refractivity contribution in [2.24, 2.45) is 0 Å². The van der Waals surface area contributed by atoms with Gasteiger partial charge in [0.2, 0.25) is 0 Å². The molecule has 0 bridgehead atoms. The monoisotopic (exact) mass is 303 g/mol. The summed E-state index contributed by atoms with van der Waals surface area (Å²) in [5, 5.41) is 7.05. The summed E-state index contributed by atoms with van der Waals surface area (Å²) < 4.78 is 18.2. The minimum atomic E-state index is -0.323. The molecule has 1 aliphatic rings. The lowest BCUT2D eigenvalue weighted by Crippen LogP contribution is -2.32. The zero-order chi connectivity index (χ0) is 15.5. The Kier molecular flexibility index (Phi) is 4.09. The highest BCUT2D eigenvalue weighted by molar-refractivity contribution is 5.78. The standard InChI is InChI=1S/C16H18FN3O2/c1-11-8-18-19-16(11)12-6-7-20(9-12)15(21)10-22-14-4-2-13(17)3-5-14/h2-5,8,12H,6-7,9-10H2,1H3,(H,18,19). The van der Waals surface area contributed by atoms with Crippen molar-refractivity contribution in [1.29, 1.82) is 0 Å². The molecule has 22 heavy (non-hydrogen) atoms. The van der Waals surface area contributed by atoms with Gasteiger partial charge in [0.25, 0.3) is 5.91 Å². The van der Waals surface area contributed by atoms with E-state index in [0.29, 0.717) is 18.2 Å². The van der Waals surface area contributed by atoms with Gasteiger partial charge in [-0.25, -0.2) is 4.39 Å². The summed E-state index contributed by atoms with van der Waals surface area (Å²) in [4.78, 5) is 14.0. The number of nitrogens with zero attached hydrogens (tertiary/aromatic N) is 2. The number of likely N-dealkylation sites (tertiary alicyclic amines) is 1. The maximum atomic E-state index is 12.8. The molecular formula is C16H18FN3O2. The van der Waals surface area contributed by atoms with Crippen LogP contribution >= 0.6 is 0 Å². The van der Waals surface area contributed by atoms with E-state index in [9.17, 15) is 9.18 Å². The Morgan fingerprint density at radius 3 is 2.91 bits per heavy atom. The molecule has 1 aromatic heterocycles. The van der Waals surface area contributed by atoms with Crippen molar-refractivity contribution in [3.05, 3.63) is 47.5 Å². The molecule has 6 heteroatoms. The van der Waals surface area contributed by atoms with E-state index in [1.165, 1.54) is 24.3 Å². The van der Waals surface area contributed by atoms with Crippen LogP contribution in [0, 0.1) is 12.7 Å². The third-order valence-electron chi connectivity index (χ3n) is 3.99. The zero-order valence-electron chi connectivity index (χ0n) is 12.4. The molecule has 5 nitrogen and oxygen atoms in total. The third-order valence-corrected chi connectivity index (χ3v) is 3.99. The first-order valence-corrected chi connectivity index (χ1v) is 7.29. The predicted octanol–water partition coefficient (Wildman–Crippen LogP) is 2.25. The number of benzene rings is 1. The highest BCUT2D eigenvalue weighted by atomic mass is 19.1. The Morgan fingerprint density at radius 2 is 2.23 bits per heavy atom. The molecule has 0 saturated carbocycles. The summed E-state index contributed by atoms with van der Waals surface area (Å²) >= 11 is 0. The van der Waals surface area contributed by atoms with Crippen molar-refractivity contribution in [3.63, 3.8) is 0 Å². The van der Waals surface area contributed by atoms with Gasteiger partial charge in [0.05, 0.1) is 6.20 Å². The summed E-state index contributed by atoms with van der Waals surface area (Å²) in [5.74, 6) is 0.423. The van der Waals surface area contributed by atoms with Gasteiger partial charge in [-0.3, -0.25) is 9.89 Å². The van der Waals surface area contributed by atoms with E-state index in [1.54, 1.807) is 11.1 Å². The van der Waals surface area contributed by atoms with Crippen molar-refractivity contribution >= 4 is 5.91 Å². The van der Waals surface area contributed by atoms with Gasteiger partial charge in [0.15, 0.2) is 6.61 Å². The first-order chi connectivity index (χ1) is 10.6. The second kappa shape index (κ2) is 6.17. The number of halogens is 1. The maximum Gasteiger partial charge on any atom is 0.260 e. The summed E-state index contributed by atoms with van der Waals surface area (Å²) in [6.07, 6.45) is 2.72. The quantitative estimate of drug-likeness (QED) is 0.942. The van der Waals surface area contributed by atoms with Gasteiger partial charge in [-0.2, -0.15) is 5.10 Å². The average Bonchev–Trinajstić information content (AvgIpc) is 3.15. The Morgan fingerprint density at radius 1 is 1.45 bits per heavy atom. The molecule has 2 aromatic rings. The van der Waals surface area contributed by atoms with Gasteiger partial charge < -0.3 is 9.64 Å². The molecule has 0 radical (unpaired) electrons. The van der Waals surface area contributed by atoms with Crippen LogP contribution in [0.25, 0.3) is 0 Å². The molecule has 1 atom stereocenters. The van der Waals surface area contributed by atoms with Crippen LogP contribution in [0.15, 0.2) is 30.5 Å². The average molecular weight is 303 g/mol. The molecule has 1 N–H and O–H groups in total. The number of carbonyl (C=O) groups is 1. The van der Waals surface area contributed by atoms with Gasteiger partial charge >= 0.3 is 0 Å². The highest BCUT2D eigenvalue weighted by Gasteiger charge is 2.29. The van der Waals surface area contributed by atoms with Crippen LogP contribution in [-0.4, -0.2) is 40.7 Å². The number of H-pyrrole nitrogens is 1. The maximum absolute atomic E-state index is 12.8. The van der Waals surface area contributed by atoms with Gasteiger partial charge in [0.1, 0.15) is 11.6 Å². The molecule has 1 aromatic carbocycles. The summed E-state index contributed by atoms with van der Waals surface area (Å²) in [5.41, 5.74) is 2.23. The van der Waals surface area contributed by atoms with Gasteiger partial charge in [-0.1, -0.05) is 0 Å². The van der Waals surface area contributed by atoms with E-state index in [1.807, 2.05) is 6.92 Å². The van der Waals surface area contributed by atoms with E-state index < -0.39 is 0 Å². The van der Waals surface area contributed by atoms with Gasteiger partial charge in [0, 0.05) is 24.7 Å². The Balaban J connectivity index is 1.53. The first-order valence-electron chi connectivity index (χ1n) is 7.29. The van der Waals surface area contributed by atoms with Crippen LogP contribution in [0.3, 0.4) is 0 Å². The van der Waals surface area contributed by atoms with Crippen molar-refractivity contribution in [1.82, 2.24) is 15.1 Å². The molecule has 0 spiro atoms. The molecule has 2 heterocycles. The van der Waals surface area contributed by atoms with E-state index >= 15 is 0 Å². The van der Waals surface area contributed by atoms with Crippen LogP contribution in [-0.2, 0) is 4.79 Å². The minimum absolute atomic E-state index is 0.0275. The highest BCUT2D eigenvalue weighted by Crippen LogP contribution is 2.27. The van der Waals surface area contributed by atoms with Gasteiger partial charge in [-0.15, -0.1) is 0 Å². The third kappa shape index (κ3) is 3.10. The fraction of sp³-hybridized carbons (Fsp3) is 0.375. The molecule has 0 aliphatic carbocycles. The first kappa shape index (κ1) is 14.6. The molecule has 3 rings (SSSR count). The molecule has 1 saturated heterocycles. The second-order valence-corrected chi connectivity index (χ2v) is 5.53. The van der Waals surface area contributed by atoms with Crippen LogP contribution in [0.4, 0.5) is 4.39 Å². The topological polar surface area (TPSA) is 58.2 Å².